The predicted molar refractivity (Wildman–Crippen MR) is 91.7 cm³/mol. The third-order valence-corrected chi connectivity index (χ3v) is 4.47. The molecule has 0 unspecified atom stereocenters. The van der Waals surface area contributed by atoms with Crippen LogP contribution < -0.4 is 9.64 Å². The van der Waals surface area contributed by atoms with Crippen molar-refractivity contribution in [3.63, 3.8) is 0 Å². The van der Waals surface area contributed by atoms with E-state index >= 15 is 0 Å². The smallest absolute Gasteiger partial charge is 0.274 e. The van der Waals surface area contributed by atoms with Crippen LogP contribution in [0.3, 0.4) is 0 Å². The van der Waals surface area contributed by atoms with Gasteiger partial charge >= 0.3 is 0 Å². The molecule has 1 fully saturated rings. The van der Waals surface area contributed by atoms with Crippen molar-refractivity contribution in [2.24, 2.45) is 0 Å². The van der Waals surface area contributed by atoms with E-state index in [4.69, 9.17) is 9.47 Å². The Bertz CT molecular complexity index is 747. The van der Waals surface area contributed by atoms with E-state index in [9.17, 15) is 4.79 Å². The molecule has 7 nitrogen and oxygen atoms in total. The largest absolute Gasteiger partial charge is 0.491 e. The van der Waals surface area contributed by atoms with E-state index in [-0.39, 0.29) is 5.91 Å². The number of aromatic nitrogens is 2. The number of rotatable bonds is 2. The zero-order chi connectivity index (χ0) is 17.1. The molecule has 130 valence electrons. The van der Waals surface area contributed by atoms with Crippen LogP contribution in [-0.4, -0.2) is 60.2 Å². The summed E-state index contributed by atoms with van der Waals surface area (Å²) in [5, 5.41) is 0. The Kier molecular flexibility index (Phi) is 4.47. The summed E-state index contributed by atoms with van der Waals surface area (Å²) < 4.78 is 11.3. The Hall–Kier alpha value is -2.67. The second-order valence-corrected chi connectivity index (χ2v) is 6.06. The van der Waals surface area contributed by atoms with Crippen LogP contribution in [0.5, 0.6) is 5.75 Å². The molecule has 0 atom stereocenters. The molecule has 2 aromatic rings. The molecule has 7 heteroatoms. The van der Waals surface area contributed by atoms with Crippen molar-refractivity contribution in [3.8, 4) is 5.75 Å². The molecule has 0 saturated carbocycles. The number of nitrogens with zero attached hydrogens (tertiary/aromatic N) is 4. The summed E-state index contributed by atoms with van der Waals surface area (Å²) in [7, 11) is 0. The molecule has 0 radical (unpaired) electrons. The Morgan fingerprint density at radius 3 is 2.76 bits per heavy atom. The highest BCUT2D eigenvalue weighted by molar-refractivity contribution is 5.92. The number of fused-ring (bicyclic) bond motifs is 1. The van der Waals surface area contributed by atoms with Gasteiger partial charge < -0.3 is 19.3 Å². The van der Waals surface area contributed by atoms with E-state index in [2.05, 4.69) is 27.0 Å². The quantitative estimate of drug-likeness (QED) is 0.822. The van der Waals surface area contributed by atoms with Crippen molar-refractivity contribution in [2.75, 3.05) is 44.4 Å². The number of carbonyl (C=O) groups excluding carboxylic acids is 1. The first-order valence-electron chi connectivity index (χ1n) is 8.45. The molecule has 0 bridgehead atoms. The Balaban J connectivity index is 1.57. The molecule has 2 aliphatic rings. The minimum absolute atomic E-state index is 0.124. The summed E-state index contributed by atoms with van der Waals surface area (Å²) in [4.78, 5) is 24.8. The lowest BCUT2D eigenvalue weighted by atomic mass is 10.1. The van der Waals surface area contributed by atoms with E-state index in [1.165, 1.54) is 12.4 Å². The van der Waals surface area contributed by atoms with Crippen molar-refractivity contribution >= 4 is 11.6 Å². The molecule has 25 heavy (non-hydrogen) atoms. The number of hydrogen-bond donors (Lipinski definition) is 0. The molecule has 0 spiro atoms. The van der Waals surface area contributed by atoms with Crippen LogP contribution in [0.25, 0.3) is 0 Å². The Morgan fingerprint density at radius 2 is 1.96 bits per heavy atom. The number of anilines is 1. The van der Waals surface area contributed by atoms with Gasteiger partial charge in [-0.1, -0.05) is 0 Å². The molecule has 2 aliphatic heterocycles. The number of amides is 1. The molecule has 1 saturated heterocycles. The van der Waals surface area contributed by atoms with Gasteiger partial charge in [0.2, 0.25) is 0 Å². The van der Waals surface area contributed by atoms with Crippen molar-refractivity contribution < 1.29 is 14.3 Å². The standard InChI is InChI=1S/C18H20N4O3/c23-18(16-12-19-3-4-20-16)22-7-10-25-17-2-1-15(11-14(17)13-22)21-5-8-24-9-6-21/h1-4,11-12H,5-10,13H2. The van der Waals surface area contributed by atoms with Crippen LogP contribution in [0.1, 0.15) is 16.1 Å². The maximum atomic E-state index is 12.7. The summed E-state index contributed by atoms with van der Waals surface area (Å²) in [6.45, 7) is 4.73. The molecule has 1 aromatic heterocycles. The summed E-state index contributed by atoms with van der Waals surface area (Å²) in [6.07, 6.45) is 4.59. The number of morpholine rings is 1. The minimum atomic E-state index is -0.124. The number of benzene rings is 1. The predicted octanol–water partition coefficient (Wildman–Crippen LogP) is 1.35. The summed E-state index contributed by atoms with van der Waals surface area (Å²) in [5.41, 5.74) is 2.51. The lowest BCUT2D eigenvalue weighted by Gasteiger charge is -2.29. The monoisotopic (exact) mass is 340 g/mol. The third-order valence-electron chi connectivity index (χ3n) is 4.47. The molecule has 1 amide bonds. The number of hydrogen-bond acceptors (Lipinski definition) is 6. The van der Waals surface area contributed by atoms with E-state index in [1.54, 1.807) is 11.1 Å². The van der Waals surface area contributed by atoms with Crippen molar-refractivity contribution in [1.82, 2.24) is 14.9 Å². The number of ether oxygens (including phenoxy) is 2. The highest BCUT2D eigenvalue weighted by atomic mass is 16.5. The second kappa shape index (κ2) is 7.06. The maximum Gasteiger partial charge on any atom is 0.274 e. The number of carbonyl (C=O) groups is 1. The van der Waals surface area contributed by atoms with Gasteiger partial charge in [-0.25, -0.2) is 4.98 Å². The van der Waals surface area contributed by atoms with Gasteiger partial charge in [0.15, 0.2) is 0 Å². The fraction of sp³-hybridized carbons (Fsp3) is 0.389. The van der Waals surface area contributed by atoms with E-state index in [0.717, 1.165) is 43.3 Å². The summed E-state index contributed by atoms with van der Waals surface area (Å²) >= 11 is 0. The van der Waals surface area contributed by atoms with Crippen LogP contribution in [0, 0.1) is 0 Å². The fourth-order valence-corrected chi connectivity index (χ4v) is 3.14. The first kappa shape index (κ1) is 15.8. The minimum Gasteiger partial charge on any atom is -0.491 e. The zero-order valence-electron chi connectivity index (χ0n) is 13.9. The van der Waals surface area contributed by atoms with Crippen molar-refractivity contribution in [2.45, 2.75) is 6.54 Å². The van der Waals surface area contributed by atoms with Crippen LogP contribution in [-0.2, 0) is 11.3 Å². The van der Waals surface area contributed by atoms with Crippen LogP contribution in [0.15, 0.2) is 36.8 Å². The van der Waals surface area contributed by atoms with E-state index in [0.29, 0.717) is 25.4 Å². The van der Waals surface area contributed by atoms with Gasteiger partial charge in [0.05, 0.1) is 26.0 Å². The molecular formula is C18H20N4O3. The van der Waals surface area contributed by atoms with Crippen LogP contribution in [0.4, 0.5) is 5.69 Å². The first-order valence-corrected chi connectivity index (χ1v) is 8.45. The Morgan fingerprint density at radius 1 is 1.08 bits per heavy atom. The SMILES string of the molecule is O=C(c1cnccn1)N1CCOc2ccc(N3CCOCC3)cc2C1. The molecule has 3 heterocycles. The topological polar surface area (TPSA) is 67.8 Å². The normalized spacial score (nSPS) is 17.4. The average Bonchev–Trinajstić information content (AvgIpc) is 2.90. The van der Waals surface area contributed by atoms with Crippen LogP contribution in [0.2, 0.25) is 0 Å². The Labute approximate surface area is 146 Å². The molecule has 0 aliphatic carbocycles. The lowest BCUT2D eigenvalue weighted by Crippen LogP contribution is -2.36. The van der Waals surface area contributed by atoms with Gasteiger partial charge in [0, 0.05) is 43.3 Å². The van der Waals surface area contributed by atoms with E-state index in [1.807, 2.05) is 6.07 Å². The molecule has 1 aromatic carbocycles. The lowest BCUT2D eigenvalue weighted by molar-refractivity contribution is 0.0727. The molecular weight excluding hydrogens is 320 g/mol. The molecule has 4 rings (SSSR count). The first-order chi connectivity index (χ1) is 12.3. The van der Waals surface area contributed by atoms with Gasteiger partial charge in [0.1, 0.15) is 18.1 Å². The maximum absolute atomic E-state index is 12.7. The average molecular weight is 340 g/mol. The zero-order valence-corrected chi connectivity index (χ0v) is 13.9. The summed E-state index contributed by atoms with van der Waals surface area (Å²) in [6, 6.07) is 6.18. The van der Waals surface area contributed by atoms with Crippen molar-refractivity contribution in [3.05, 3.63) is 48.0 Å². The van der Waals surface area contributed by atoms with Crippen LogP contribution >= 0.6 is 0 Å². The van der Waals surface area contributed by atoms with E-state index < -0.39 is 0 Å². The highest BCUT2D eigenvalue weighted by Gasteiger charge is 2.23. The summed E-state index contributed by atoms with van der Waals surface area (Å²) in [5.74, 6) is 0.716. The van der Waals surface area contributed by atoms with Gasteiger partial charge in [0.25, 0.3) is 5.91 Å². The second-order valence-electron chi connectivity index (χ2n) is 6.06. The van der Waals surface area contributed by atoms with Gasteiger partial charge in [-0.3, -0.25) is 9.78 Å². The van der Waals surface area contributed by atoms with Gasteiger partial charge in [-0.15, -0.1) is 0 Å². The third kappa shape index (κ3) is 3.41. The molecule has 0 N–H and O–H groups in total. The fourth-order valence-electron chi connectivity index (χ4n) is 3.14. The highest BCUT2D eigenvalue weighted by Crippen LogP contribution is 2.29. The van der Waals surface area contributed by atoms with Crippen molar-refractivity contribution in [1.29, 1.82) is 0 Å². The van der Waals surface area contributed by atoms with Gasteiger partial charge in [-0.2, -0.15) is 0 Å². The van der Waals surface area contributed by atoms with Gasteiger partial charge in [-0.05, 0) is 18.2 Å².